The van der Waals surface area contributed by atoms with Gasteiger partial charge in [0.05, 0.1) is 6.20 Å². The third kappa shape index (κ3) is 4.40. The maximum Gasteiger partial charge on any atom is 0.288 e. The van der Waals surface area contributed by atoms with Crippen LogP contribution in [0.25, 0.3) is 0 Å². The van der Waals surface area contributed by atoms with Gasteiger partial charge in [-0.1, -0.05) is 11.6 Å². The second-order valence-corrected chi connectivity index (χ2v) is 6.70. The van der Waals surface area contributed by atoms with Crippen molar-refractivity contribution < 1.29 is 23.0 Å². The largest absolute Gasteiger partial charge is 0.445 e. The van der Waals surface area contributed by atoms with Crippen molar-refractivity contribution in [3.05, 3.63) is 52.5 Å². The predicted molar refractivity (Wildman–Crippen MR) is 107 cm³/mol. The molecule has 1 aromatic heterocycles. The van der Waals surface area contributed by atoms with Gasteiger partial charge in [-0.05, 0) is 31.2 Å². The van der Waals surface area contributed by atoms with Crippen LogP contribution in [-0.4, -0.2) is 35.4 Å². The molecule has 1 aliphatic heterocycles. The van der Waals surface area contributed by atoms with Crippen molar-refractivity contribution in [3.63, 3.8) is 0 Å². The van der Waals surface area contributed by atoms with E-state index < -0.39 is 25.0 Å². The van der Waals surface area contributed by atoms with E-state index in [0.717, 1.165) is 6.20 Å². The van der Waals surface area contributed by atoms with Gasteiger partial charge in [-0.25, -0.2) is 18.8 Å². The number of hydrogen-bond acceptors (Lipinski definition) is 8. The second kappa shape index (κ2) is 8.49. The molecule has 0 radical (unpaired) electrons. The fourth-order valence-electron chi connectivity index (χ4n) is 2.83. The quantitative estimate of drug-likeness (QED) is 0.630. The van der Waals surface area contributed by atoms with Crippen molar-refractivity contribution in [2.75, 3.05) is 24.6 Å². The lowest BCUT2D eigenvalue weighted by molar-refractivity contribution is 0.102. The molecule has 0 spiro atoms. The van der Waals surface area contributed by atoms with Gasteiger partial charge in [0.15, 0.2) is 11.5 Å². The number of carbonyl (C=O) groups is 1. The zero-order chi connectivity index (χ0) is 21.9. The van der Waals surface area contributed by atoms with Crippen LogP contribution >= 0.6 is 11.6 Å². The molecule has 1 aromatic carbocycles. The minimum atomic E-state index is -1.12. The number of nitrogens with one attached hydrogen (secondary N) is 1. The Morgan fingerprint density at radius 2 is 2.13 bits per heavy atom. The summed E-state index contributed by atoms with van der Waals surface area (Å²) in [5.41, 5.74) is 10.8. The Balaban J connectivity index is 1.90. The monoisotopic (exact) mass is 438 g/mol. The predicted octanol–water partition coefficient (Wildman–Crippen LogP) is 2.68. The number of benzene rings is 1. The van der Waals surface area contributed by atoms with Gasteiger partial charge in [-0.2, -0.15) is 4.98 Å². The molecule has 9 nitrogen and oxygen atoms in total. The smallest absolute Gasteiger partial charge is 0.288 e. The molecule has 0 saturated heterocycles. The van der Waals surface area contributed by atoms with Crippen LogP contribution in [0.5, 0.6) is 5.88 Å². The first kappa shape index (κ1) is 21.2. The van der Waals surface area contributed by atoms with Crippen LogP contribution in [0.3, 0.4) is 0 Å². The topological polar surface area (TPSA) is 138 Å². The number of nitrogens with zero attached hydrogens (tertiary/aromatic N) is 3. The molecule has 158 valence electrons. The first-order chi connectivity index (χ1) is 14.3. The average molecular weight is 439 g/mol. The van der Waals surface area contributed by atoms with Gasteiger partial charge < -0.3 is 26.3 Å². The summed E-state index contributed by atoms with van der Waals surface area (Å²) in [6, 6.07) is 4.43. The molecule has 30 heavy (non-hydrogen) atoms. The van der Waals surface area contributed by atoms with Crippen molar-refractivity contribution in [1.82, 2.24) is 9.97 Å². The molecule has 3 rings (SSSR count). The Bertz CT molecular complexity index is 1050. The Morgan fingerprint density at radius 3 is 2.80 bits per heavy atom. The number of allylic oxidation sites excluding steroid dienone is 1. The zero-order valence-corrected chi connectivity index (χ0v) is 16.4. The van der Waals surface area contributed by atoms with Crippen molar-refractivity contribution in [3.8, 4) is 5.88 Å². The molecule has 1 amide bonds. The highest BCUT2D eigenvalue weighted by atomic mass is 35.5. The number of rotatable bonds is 6. The summed E-state index contributed by atoms with van der Waals surface area (Å²) in [7, 11) is 0. The van der Waals surface area contributed by atoms with E-state index in [1.807, 2.05) is 0 Å². The van der Waals surface area contributed by atoms with Gasteiger partial charge in [0.25, 0.3) is 11.9 Å². The maximum atomic E-state index is 13.1. The van der Waals surface area contributed by atoms with Crippen molar-refractivity contribution in [2.45, 2.75) is 12.5 Å². The highest BCUT2D eigenvalue weighted by Crippen LogP contribution is 2.37. The van der Waals surface area contributed by atoms with E-state index in [4.69, 9.17) is 27.8 Å². The fraction of sp³-hybridized carbons (Fsp3) is 0.222. The van der Waals surface area contributed by atoms with Crippen molar-refractivity contribution in [2.24, 2.45) is 10.7 Å². The van der Waals surface area contributed by atoms with Gasteiger partial charge in [0, 0.05) is 16.3 Å². The van der Waals surface area contributed by atoms with E-state index >= 15 is 0 Å². The van der Waals surface area contributed by atoms with E-state index in [9.17, 15) is 13.6 Å². The lowest BCUT2D eigenvalue weighted by Crippen LogP contribution is -2.30. The number of carbonyl (C=O) groups excluding carboxylic acids is 1. The van der Waals surface area contributed by atoms with Crippen molar-refractivity contribution in [1.29, 1.82) is 0 Å². The molecule has 0 bridgehead atoms. The number of halogens is 3. The summed E-state index contributed by atoms with van der Waals surface area (Å²) in [5, 5.41) is 2.93. The summed E-state index contributed by atoms with van der Waals surface area (Å²) in [6.45, 7) is -0.319. The molecule has 1 aliphatic rings. The van der Waals surface area contributed by atoms with Gasteiger partial charge >= 0.3 is 0 Å². The molecule has 1 atom stereocenters. The molecule has 0 unspecified atom stereocenters. The summed E-state index contributed by atoms with van der Waals surface area (Å²) in [5.74, 6) is -1.06. The molecule has 0 aliphatic carbocycles. The standard InChI is InChI=1S/C18H17ClF2N6O3/c1-18(5-10(6-20)30-17(23)27-18)11-4-9(2-3-12(11)19)25-16(28)14-15(22)26-13(7-24-14)29-8-21/h2-5,7H,6,8H2,1H3,(H2,22,26)(H2,23,27)(H,25,28)/t18-/m0/s1. The highest BCUT2D eigenvalue weighted by Gasteiger charge is 2.32. The van der Waals surface area contributed by atoms with E-state index in [2.05, 4.69) is 25.0 Å². The molecule has 2 aromatic rings. The highest BCUT2D eigenvalue weighted by molar-refractivity contribution is 6.31. The minimum Gasteiger partial charge on any atom is -0.445 e. The number of nitrogens with two attached hydrogens (primary N) is 2. The maximum absolute atomic E-state index is 13.1. The summed E-state index contributed by atoms with van der Waals surface area (Å²) in [4.78, 5) is 24.3. The minimum absolute atomic E-state index is 0.00542. The molecule has 0 saturated carbocycles. The normalized spacial score (nSPS) is 18.1. The van der Waals surface area contributed by atoms with Crippen LogP contribution in [0.1, 0.15) is 23.0 Å². The van der Waals surface area contributed by atoms with Crippen LogP contribution < -0.4 is 21.5 Å². The molecule has 0 fully saturated rings. The number of aromatic nitrogens is 2. The van der Waals surface area contributed by atoms with Crippen LogP contribution in [0, 0.1) is 0 Å². The average Bonchev–Trinajstić information content (AvgIpc) is 2.69. The SMILES string of the molecule is C[C@@]1(c2cc(NC(=O)c3ncc(OCF)nc3N)ccc2Cl)C=C(CF)OC(N)=N1. The van der Waals surface area contributed by atoms with Crippen LogP contribution in [-0.2, 0) is 10.3 Å². The summed E-state index contributed by atoms with van der Waals surface area (Å²) < 4.78 is 34.9. The number of hydrogen-bond donors (Lipinski definition) is 3. The molecule has 2 heterocycles. The number of anilines is 2. The zero-order valence-electron chi connectivity index (χ0n) is 15.7. The Kier molecular flexibility index (Phi) is 6.01. The number of amidine groups is 1. The molecule has 12 heteroatoms. The Hall–Kier alpha value is -3.47. The first-order valence-corrected chi connectivity index (χ1v) is 8.87. The van der Waals surface area contributed by atoms with Crippen LogP contribution in [0.2, 0.25) is 5.02 Å². The lowest BCUT2D eigenvalue weighted by Gasteiger charge is -2.28. The van der Waals surface area contributed by atoms with E-state index in [0.29, 0.717) is 16.3 Å². The second-order valence-electron chi connectivity index (χ2n) is 6.29. The number of alkyl halides is 2. The van der Waals surface area contributed by atoms with E-state index in [1.165, 1.54) is 12.1 Å². The Labute approximate surface area is 174 Å². The molecular formula is C18H17ClF2N6O3. The molecule has 5 N–H and O–H groups in total. The number of nitrogen functional groups attached to an aromatic ring is 1. The number of amides is 1. The third-order valence-electron chi connectivity index (χ3n) is 4.12. The number of aliphatic imine (C=N–C) groups is 1. The third-order valence-corrected chi connectivity index (χ3v) is 4.45. The lowest BCUT2D eigenvalue weighted by atomic mass is 9.90. The van der Waals surface area contributed by atoms with Gasteiger partial charge in [0.2, 0.25) is 12.7 Å². The summed E-state index contributed by atoms with van der Waals surface area (Å²) in [6.07, 6.45) is 2.52. The van der Waals surface area contributed by atoms with Gasteiger partial charge in [-0.3, -0.25) is 4.79 Å². The van der Waals surface area contributed by atoms with Crippen LogP contribution in [0.4, 0.5) is 20.3 Å². The Morgan fingerprint density at radius 1 is 1.37 bits per heavy atom. The first-order valence-electron chi connectivity index (χ1n) is 8.49. The molecular weight excluding hydrogens is 422 g/mol. The van der Waals surface area contributed by atoms with Crippen LogP contribution in [0.15, 0.2) is 41.2 Å². The fourth-order valence-corrected chi connectivity index (χ4v) is 3.14. The van der Waals surface area contributed by atoms with E-state index in [-0.39, 0.29) is 29.2 Å². The van der Waals surface area contributed by atoms with E-state index in [1.54, 1.807) is 19.1 Å². The van der Waals surface area contributed by atoms with Gasteiger partial charge in [0.1, 0.15) is 18.0 Å². The number of ether oxygens (including phenoxy) is 2. The van der Waals surface area contributed by atoms with Gasteiger partial charge in [-0.15, -0.1) is 0 Å². The van der Waals surface area contributed by atoms with Crippen molar-refractivity contribution >= 4 is 35.0 Å². The summed E-state index contributed by atoms with van der Waals surface area (Å²) >= 11 is 6.31.